The Bertz CT molecular complexity index is 1810. The van der Waals surface area contributed by atoms with Crippen LogP contribution in [0.3, 0.4) is 0 Å². The lowest BCUT2D eigenvalue weighted by atomic mass is 10.0. The number of carbonyl (C=O) groups excluding carboxylic acids is 3. The first-order valence-electron chi connectivity index (χ1n) is 18.3. The van der Waals surface area contributed by atoms with E-state index in [1.807, 2.05) is 61.5 Å². The van der Waals surface area contributed by atoms with Crippen LogP contribution >= 0.6 is 11.6 Å². The van der Waals surface area contributed by atoms with Crippen molar-refractivity contribution < 1.29 is 14.4 Å². The molecule has 1 heterocycles. The number of nitrogens with two attached hydrogens (primary N) is 1. The molecule has 1 saturated heterocycles. The number of carbonyl (C=O) groups is 3. The highest BCUT2D eigenvalue weighted by Gasteiger charge is 2.21. The average molecular weight is 753 g/mol. The summed E-state index contributed by atoms with van der Waals surface area (Å²) in [6, 6.07) is 27.6. The Morgan fingerprint density at radius 2 is 1.54 bits per heavy atom. The number of benzene rings is 4. The van der Waals surface area contributed by atoms with Gasteiger partial charge < -0.3 is 37.7 Å². The zero-order chi connectivity index (χ0) is 38.9. The Morgan fingerprint density at radius 1 is 0.852 bits per heavy atom. The van der Waals surface area contributed by atoms with Gasteiger partial charge in [-0.15, -0.1) is 0 Å². The normalized spacial score (nSPS) is 12.8. The van der Waals surface area contributed by atoms with Crippen LogP contribution in [-0.2, 0) is 22.7 Å². The molecule has 1 unspecified atom stereocenters. The molecule has 0 saturated carbocycles. The molecule has 4 amide bonds. The number of halogens is 1. The topological polar surface area (TPSA) is 164 Å². The van der Waals surface area contributed by atoms with Crippen molar-refractivity contribution in [3.63, 3.8) is 0 Å². The van der Waals surface area contributed by atoms with Gasteiger partial charge in [0.1, 0.15) is 6.04 Å². The van der Waals surface area contributed by atoms with E-state index in [1.54, 1.807) is 12.1 Å². The molecule has 0 bridgehead atoms. The molecule has 0 spiro atoms. The van der Waals surface area contributed by atoms with Crippen LogP contribution in [-0.4, -0.2) is 67.2 Å². The molecule has 4 aromatic rings. The molecule has 0 aromatic heterocycles. The van der Waals surface area contributed by atoms with Gasteiger partial charge in [0.15, 0.2) is 0 Å². The smallest absolute Gasteiger partial charge is 0.319 e. The molecule has 1 fully saturated rings. The number of aryl methyl sites for hydroxylation is 3. The van der Waals surface area contributed by atoms with Gasteiger partial charge in [-0.3, -0.25) is 14.5 Å². The maximum atomic E-state index is 12.8. The summed E-state index contributed by atoms with van der Waals surface area (Å²) in [6.07, 6.45) is 2.52. The third-order valence-corrected chi connectivity index (χ3v) is 9.39. The van der Waals surface area contributed by atoms with E-state index in [2.05, 4.69) is 69.6 Å². The lowest BCUT2D eigenvalue weighted by Gasteiger charge is -2.20. The molecule has 1 aliphatic rings. The van der Waals surface area contributed by atoms with Crippen LogP contribution in [0.15, 0.2) is 91.0 Å². The number of anilines is 2. The number of nitrogens with one attached hydrogen (secondary N) is 6. The molecule has 54 heavy (non-hydrogen) atoms. The predicted octanol–water partition coefficient (Wildman–Crippen LogP) is 6.30. The minimum Gasteiger partial charge on any atom is -0.380 e. The summed E-state index contributed by atoms with van der Waals surface area (Å²) in [5, 5.41) is 23.7. The molecule has 1 aliphatic heterocycles. The van der Waals surface area contributed by atoms with Gasteiger partial charge in [-0.1, -0.05) is 89.5 Å². The van der Waals surface area contributed by atoms with E-state index in [-0.39, 0.29) is 25.4 Å². The largest absolute Gasteiger partial charge is 0.380 e. The van der Waals surface area contributed by atoms with E-state index < -0.39 is 18.0 Å². The molecule has 0 aliphatic carbocycles. The second kappa shape index (κ2) is 21.5. The Morgan fingerprint density at radius 3 is 2.19 bits per heavy atom. The van der Waals surface area contributed by atoms with E-state index in [0.29, 0.717) is 41.7 Å². The number of amides is 4. The van der Waals surface area contributed by atoms with Gasteiger partial charge in [-0.05, 0) is 101 Å². The van der Waals surface area contributed by atoms with Crippen molar-refractivity contribution in [3.8, 4) is 0 Å². The second-order valence-corrected chi connectivity index (χ2v) is 13.9. The zero-order valence-corrected chi connectivity index (χ0v) is 32.2. The Labute approximate surface area is 323 Å². The number of nitrogens with zero attached hydrogens (tertiary/aromatic N) is 1. The molecule has 8 N–H and O–H groups in total. The van der Waals surface area contributed by atoms with Gasteiger partial charge in [0.05, 0.1) is 12.3 Å². The summed E-state index contributed by atoms with van der Waals surface area (Å²) in [7, 11) is 0. The van der Waals surface area contributed by atoms with Crippen LogP contribution in [0.25, 0.3) is 0 Å². The summed E-state index contributed by atoms with van der Waals surface area (Å²) >= 11 is 6.46. The highest BCUT2D eigenvalue weighted by molar-refractivity contribution is 6.31. The SMILES string of the molecule is Cc1ccc(C)cc1.Cc1cccc(Cl)c1CNc1cc(NC(=O)NCC(=O)NC(CCN)C(=O)NCc2ccccc2)ccc1C(=N)CN1CCCC1. The Kier molecular flexibility index (Phi) is 16.5. The molecule has 12 heteroatoms. The number of hydrogen-bond acceptors (Lipinski definition) is 7. The minimum atomic E-state index is -0.829. The van der Waals surface area contributed by atoms with Gasteiger partial charge in [0.2, 0.25) is 11.8 Å². The van der Waals surface area contributed by atoms with Gasteiger partial charge in [-0.25, -0.2) is 4.79 Å². The predicted molar refractivity (Wildman–Crippen MR) is 219 cm³/mol. The van der Waals surface area contributed by atoms with E-state index in [4.69, 9.17) is 22.7 Å². The van der Waals surface area contributed by atoms with Crippen LogP contribution in [0.2, 0.25) is 5.02 Å². The van der Waals surface area contributed by atoms with Crippen molar-refractivity contribution in [1.29, 1.82) is 5.41 Å². The molecule has 1 atom stereocenters. The van der Waals surface area contributed by atoms with Crippen molar-refractivity contribution in [1.82, 2.24) is 20.9 Å². The molecule has 0 radical (unpaired) electrons. The van der Waals surface area contributed by atoms with Crippen LogP contribution < -0.4 is 32.3 Å². The molecule has 4 aromatic carbocycles. The van der Waals surface area contributed by atoms with Crippen LogP contribution in [0.5, 0.6) is 0 Å². The number of urea groups is 1. The highest BCUT2D eigenvalue weighted by Crippen LogP contribution is 2.26. The third-order valence-electron chi connectivity index (χ3n) is 9.04. The summed E-state index contributed by atoms with van der Waals surface area (Å²) in [6.45, 7) is 9.30. The number of likely N-dealkylation sites (tertiary alicyclic amines) is 1. The third kappa shape index (κ3) is 13.6. The molecule has 11 nitrogen and oxygen atoms in total. The molecular weight excluding hydrogens is 700 g/mol. The average Bonchev–Trinajstić information content (AvgIpc) is 3.67. The van der Waals surface area contributed by atoms with Crippen LogP contribution in [0.4, 0.5) is 16.2 Å². The summed E-state index contributed by atoms with van der Waals surface area (Å²) in [5.74, 6) is -0.874. The maximum absolute atomic E-state index is 12.8. The summed E-state index contributed by atoms with van der Waals surface area (Å²) in [5.41, 5.74) is 13.6. The fourth-order valence-corrected chi connectivity index (χ4v) is 6.21. The van der Waals surface area contributed by atoms with Gasteiger partial charge in [0.25, 0.3) is 0 Å². The van der Waals surface area contributed by atoms with E-state index >= 15 is 0 Å². The molecule has 5 rings (SSSR count). The fraction of sp³-hybridized carbons (Fsp3) is 0.333. The summed E-state index contributed by atoms with van der Waals surface area (Å²) < 4.78 is 0. The van der Waals surface area contributed by atoms with Crippen molar-refractivity contribution in [2.24, 2.45) is 5.73 Å². The monoisotopic (exact) mass is 752 g/mol. The van der Waals surface area contributed by atoms with Crippen LogP contribution in [0, 0.1) is 26.2 Å². The second-order valence-electron chi connectivity index (χ2n) is 13.5. The van der Waals surface area contributed by atoms with Gasteiger partial charge in [-0.2, -0.15) is 0 Å². The first-order chi connectivity index (χ1) is 26.0. The van der Waals surface area contributed by atoms with Gasteiger partial charge >= 0.3 is 6.03 Å². The first kappa shape index (κ1) is 41.5. The Hall–Kier alpha value is -5.23. The standard InChI is InChI=1S/C34H43ClN8O3.C8H10/c1-23-8-7-11-28(35)27(23)20-38-31-18-25(12-13-26(31)29(37)22-43-16-5-6-17-43)41-34(46)40-21-32(44)42-30(14-15-36)33(45)39-19-24-9-3-2-4-10-24;1-7-3-5-8(2)6-4-7/h2-4,7-13,18,30,37-38H,5-6,14-17,19-22,36H2,1H3,(H,39,45)(H,42,44)(H2,40,41,46);3-6H,1-2H3. The minimum absolute atomic E-state index is 0.204. The number of rotatable bonds is 15. The van der Waals surface area contributed by atoms with Crippen molar-refractivity contribution >= 4 is 46.5 Å². The van der Waals surface area contributed by atoms with Crippen molar-refractivity contribution in [2.75, 3.05) is 43.4 Å². The Balaban J connectivity index is 0.000000718. The van der Waals surface area contributed by atoms with E-state index in [9.17, 15) is 14.4 Å². The van der Waals surface area contributed by atoms with E-state index in [0.717, 1.165) is 48.2 Å². The lowest BCUT2D eigenvalue weighted by molar-refractivity contribution is -0.128. The van der Waals surface area contributed by atoms with Crippen LogP contribution in [0.1, 0.15) is 52.6 Å². The quantitative estimate of drug-likeness (QED) is 0.0705. The molecular formula is C42H53ClN8O3. The lowest BCUT2D eigenvalue weighted by Crippen LogP contribution is -2.50. The van der Waals surface area contributed by atoms with E-state index in [1.165, 1.54) is 11.1 Å². The maximum Gasteiger partial charge on any atom is 0.319 e. The first-order valence-corrected chi connectivity index (χ1v) is 18.7. The summed E-state index contributed by atoms with van der Waals surface area (Å²) in [4.78, 5) is 40.4. The van der Waals surface area contributed by atoms with Crippen molar-refractivity contribution in [3.05, 3.63) is 129 Å². The highest BCUT2D eigenvalue weighted by atomic mass is 35.5. The molecule has 286 valence electrons. The number of hydrogen-bond donors (Lipinski definition) is 7. The van der Waals surface area contributed by atoms with Crippen molar-refractivity contribution in [2.45, 2.75) is 59.2 Å². The van der Waals surface area contributed by atoms with Gasteiger partial charge in [0, 0.05) is 41.6 Å². The zero-order valence-electron chi connectivity index (χ0n) is 31.4. The fourth-order valence-electron chi connectivity index (χ4n) is 5.92.